The van der Waals surface area contributed by atoms with E-state index < -0.39 is 18.2 Å². The smallest absolute Gasteiger partial charge is 0.306 e. The lowest BCUT2D eigenvalue weighted by Crippen LogP contribution is -2.46. The normalized spacial score (nSPS) is 13.7. The molecular formula is C60H107NO5. The van der Waals surface area contributed by atoms with Crippen molar-refractivity contribution in [3.05, 3.63) is 72.9 Å². The molecule has 0 aromatic heterocycles. The zero-order chi connectivity index (χ0) is 48.1. The van der Waals surface area contributed by atoms with Crippen LogP contribution in [0, 0.1) is 0 Å². The van der Waals surface area contributed by atoms with Crippen LogP contribution in [0.5, 0.6) is 0 Å². The summed E-state index contributed by atoms with van der Waals surface area (Å²) in [6, 6.07) is -0.719. The number of ether oxygens (including phenoxy) is 1. The average molecular weight is 923 g/mol. The molecule has 0 saturated heterocycles. The molecule has 6 heteroatoms. The van der Waals surface area contributed by atoms with E-state index in [2.05, 4.69) is 62.5 Å². The van der Waals surface area contributed by atoms with Crippen molar-refractivity contribution >= 4 is 11.9 Å². The number of hydrogen-bond acceptors (Lipinski definition) is 5. The van der Waals surface area contributed by atoms with Gasteiger partial charge in [-0.2, -0.15) is 0 Å². The molecule has 0 radical (unpaired) electrons. The van der Waals surface area contributed by atoms with Gasteiger partial charge in [0.25, 0.3) is 0 Å². The van der Waals surface area contributed by atoms with Gasteiger partial charge < -0.3 is 20.3 Å². The van der Waals surface area contributed by atoms with Crippen LogP contribution in [0.4, 0.5) is 0 Å². The monoisotopic (exact) mass is 922 g/mol. The predicted molar refractivity (Wildman–Crippen MR) is 287 cm³/mol. The number of carbonyl (C=O) groups is 2. The molecule has 1 amide bonds. The van der Waals surface area contributed by atoms with Crippen molar-refractivity contribution in [2.45, 2.75) is 289 Å². The van der Waals surface area contributed by atoms with E-state index in [1.807, 2.05) is 36.5 Å². The highest BCUT2D eigenvalue weighted by Gasteiger charge is 2.24. The SMILES string of the molecule is CC/C=C/C=C/C=C\C=C/C=C/CCCCCC(=O)OC(CCCCC/C=C/CCCCCCCCCCC)CC(=O)NC(CO)C(O)CCCCCCCCCCCCCCCCCC. The summed E-state index contributed by atoms with van der Waals surface area (Å²) >= 11 is 0. The summed E-state index contributed by atoms with van der Waals surface area (Å²) in [5.74, 6) is -0.534. The summed E-state index contributed by atoms with van der Waals surface area (Å²) in [6.07, 6.45) is 68.2. The Kier molecular flexibility index (Phi) is 51.1. The van der Waals surface area contributed by atoms with E-state index in [0.717, 1.165) is 83.5 Å². The number of nitrogens with one attached hydrogen (secondary N) is 1. The van der Waals surface area contributed by atoms with Crippen molar-refractivity contribution in [2.24, 2.45) is 0 Å². The summed E-state index contributed by atoms with van der Waals surface area (Å²) in [6.45, 7) is 6.35. The quantitative estimate of drug-likeness (QED) is 0.0244. The summed E-state index contributed by atoms with van der Waals surface area (Å²) in [4.78, 5) is 26.2. The lowest BCUT2D eigenvalue weighted by atomic mass is 10.0. The third-order valence-corrected chi connectivity index (χ3v) is 12.6. The Morgan fingerprint density at radius 2 is 0.833 bits per heavy atom. The Morgan fingerprint density at radius 3 is 1.30 bits per heavy atom. The second-order valence-electron chi connectivity index (χ2n) is 19.1. The fourth-order valence-electron chi connectivity index (χ4n) is 8.39. The van der Waals surface area contributed by atoms with Crippen molar-refractivity contribution in [1.29, 1.82) is 0 Å². The van der Waals surface area contributed by atoms with Gasteiger partial charge in [0.15, 0.2) is 0 Å². The topological polar surface area (TPSA) is 95.9 Å². The number of aliphatic hydroxyl groups excluding tert-OH is 2. The standard InChI is InChI=1S/C60H107NO5/c1-4-7-10-13-16-19-22-25-28-31-33-36-39-42-45-48-51-56(66-60(65)53-50-47-44-41-38-35-30-27-24-21-18-15-12-9-6-3)54-59(64)61-57(55-62)58(63)52-49-46-43-40-37-34-32-29-26-23-20-17-14-11-8-5-2/h9,12,15,18,21,24,27,30,33,35-36,38,56-58,62-63H,4-8,10-11,13-14,16-17,19-20,22-23,25-26,28-29,31-32,34,37,39-55H2,1-3H3,(H,61,64)/b12-9+,18-15+,24-21-,30-27-,36-33+,38-35+. The van der Waals surface area contributed by atoms with Crippen LogP contribution in [0.1, 0.15) is 271 Å². The van der Waals surface area contributed by atoms with Crippen molar-refractivity contribution in [3.63, 3.8) is 0 Å². The number of rotatable bonds is 50. The molecule has 0 saturated carbocycles. The number of unbranched alkanes of at least 4 members (excludes halogenated alkanes) is 30. The summed E-state index contributed by atoms with van der Waals surface area (Å²) in [5.41, 5.74) is 0. The van der Waals surface area contributed by atoms with Gasteiger partial charge in [0, 0.05) is 6.42 Å². The molecule has 3 N–H and O–H groups in total. The first-order valence-electron chi connectivity index (χ1n) is 28.2. The van der Waals surface area contributed by atoms with Crippen LogP contribution in [0.2, 0.25) is 0 Å². The number of carbonyl (C=O) groups excluding carboxylic acids is 2. The van der Waals surface area contributed by atoms with Crippen molar-refractivity contribution in [1.82, 2.24) is 5.32 Å². The Hall–Kier alpha value is -2.70. The lowest BCUT2D eigenvalue weighted by Gasteiger charge is -2.24. The minimum Gasteiger partial charge on any atom is -0.462 e. The van der Waals surface area contributed by atoms with Gasteiger partial charge >= 0.3 is 5.97 Å². The second kappa shape index (κ2) is 53.3. The van der Waals surface area contributed by atoms with E-state index in [0.29, 0.717) is 19.3 Å². The van der Waals surface area contributed by atoms with Crippen molar-refractivity contribution < 1.29 is 24.5 Å². The molecule has 0 fully saturated rings. The third-order valence-electron chi connectivity index (χ3n) is 12.6. The molecule has 0 heterocycles. The Morgan fingerprint density at radius 1 is 0.455 bits per heavy atom. The number of amides is 1. The molecule has 0 aromatic carbocycles. The van der Waals surface area contributed by atoms with Crippen molar-refractivity contribution in [3.8, 4) is 0 Å². The first-order valence-corrected chi connectivity index (χ1v) is 28.2. The lowest BCUT2D eigenvalue weighted by molar-refractivity contribution is -0.151. The average Bonchev–Trinajstić information content (AvgIpc) is 3.31. The predicted octanol–water partition coefficient (Wildman–Crippen LogP) is 17.3. The molecule has 382 valence electrons. The van der Waals surface area contributed by atoms with E-state index in [4.69, 9.17) is 4.74 Å². The van der Waals surface area contributed by atoms with Crippen LogP contribution in [0.25, 0.3) is 0 Å². The van der Waals surface area contributed by atoms with E-state index >= 15 is 0 Å². The van der Waals surface area contributed by atoms with Gasteiger partial charge in [0.1, 0.15) is 6.10 Å². The zero-order valence-electron chi connectivity index (χ0n) is 43.6. The van der Waals surface area contributed by atoms with Gasteiger partial charge in [0.05, 0.1) is 25.2 Å². The minimum absolute atomic E-state index is 0.0480. The first-order chi connectivity index (χ1) is 32.5. The maximum atomic E-state index is 13.3. The van der Waals surface area contributed by atoms with Crippen LogP contribution in [-0.2, 0) is 14.3 Å². The van der Waals surface area contributed by atoms with E-state index in [-0.39, 0.29) is 24.9 Å². The Labute approximate surface area is 409 Å². The van der Waals surface area contributed by atoms with Crippen molar-refractivity contribution in [2.75, 3.05) is 6.61 Å². The first kappa shape index (κ1) is 63.3. The molecule has 0 aliphatic carbocycles. The van der Waals surface area contributed by atoms with Gasteiger partial charge in [0.2, 0.25) is 5.91 Å². The molecule has 3 unspecified atom stereocenters. The van der Waals surface area contributed by atoms with Gasteiger partial charge in [-0.15, -0.1) is 0 Å². The summed E-state index contributed by atoms with van der Waals surface area (Å²) in [5, 5.41) is 23.9. The van der Waals surface area contributed by atoms with Crippen LogP contribution in [0.3, 0.4) is 0 Å². The molecule has 0 aliphatic heterocycles. The highest BCUT2D eigenvalue weighted by molar-refractivity contribution is 5.77. The summed E-state index contributed by atoms with van der Waals surface area (Å²) < 4.78 is 5.93. The Bertz CT molecular complexity index is 1220. The van der Waals surface area contributed by atoms with E-state index in [9.17, 15) is 19.8 Å². The highest BCUT2D eigenvalue weighted by Crippen LogP contribution is 2.18. The molecule has 0 bridgehead atoms. The maximum Gasteiger partial charge on any atom is 0.306 e. The number of hydrogen-bond donors (Lipinski definition) is 3. The molecule has 0 spiro atoms. The highest BCUT2D eigenvalue weighted by atomic mass is 16.5. The Balaban J connectivity index is 4.64. The van der Waals surface area contributed by atoms with Gasteiger partial charge in [-0.05, 0) is 70.6 Å². The maximum absolute atomic E-state index is 13.3. The molecule has 3 atom stereocenters. The summed E-state index contributed by atoms with van der Waals surface area (Å²) in [7, 11) is 0. The van der Waals surface area contributed by atoms with Crippen LogP contribution >= 0.6 is 0 Å². The zero-order valence-corrected chi connectivity index (χ0v) is 43.6. The second-order valence-corrected chi connectivity index (χ2v) is 19.1. The van der Waals surface area contributed by atoms with E-state index in [1.165, 1.54) is 141 Å². The molecule has 66 heavy (non-hydrogen) atoms. The number of allylic oxidation sites excluding steroid dienone is 12. The molecule has 0 aromatic rings. The fourth-order valence-corrected chi connectivity index (χ4v) is 8.39. The third kappa shape index (κ3) is 47.8. The van der Waals surface area contributed by atoms with Crippen LogP contribution in [-0.4, -0.2) is 46.9 Å². The molecular weight excluding hydrogens is 815 g/mol. The number of esters is 1. The minimum atomic E-state index is -0.803. The molecule has 6 nitrogen and oxygen atoms in total. The molecule has 0 rings (SSSR count). The van der Waals surface area contributed by atoms with Gasteiger partial charge in [-0.1, -0.05) is 261 Å². The molecule has 0 aliphatic rings. The fraction of sp³-hybridized carbons (Fsp3) is 0.767. The van der Waals surface area contributed by atoms with Crippen LogP contribution in [0.15, 0.2) is 72.9 Å². The largest absolute Gasteiger partial charge is 0.462 e. The van der Waals surface area contributed by atoms with Gasteiger partial charge in [-0.3, -0.25) is 9.59 Å². The van der Waals surface area contributed by atoms with Gasteiger partial charge in [-0.25, -0.2) is 0 Å². The van der Waals surface area contributed by atoms with E-state index in [1.54, 1.807) is 0 Å². The number of aliphatic hydroxyl groups is 2. The van der Waals surface area contributed by atoms with Crippen LogP contribution < -0.4 is 5.32 Å².